The van der Waals surface area contributed by atoms with Crippen molar-refractivity contribution in [3.05, 3.63) is 65.2 Å². The van der Waals surface area contributed by atoms with E-state index in [0.717, 1.165) is 17.7 Å². The third-order valence-corrected chi connectivity index (χ3v) is 4.72. The summed E-state index contributed by atoms with van der Waals surface area (Å²) in [5.74, 6) is -3.71. The van der Waals surface area contributed by atoms with Crippen LogP contribution in [0.5, 0.6) is 0 Å². The summed E-state index contributed by atoms with van der Waals surface area (Å²) in [4.78, 5) is 25.4. The second-order valence-electron chi connectivity index (χ2n) is 6.64. The number of benzene rings is 2. The summed E-state index contributed by atoms with van der Waals surface area (Å²) in [6.45, 7) is 1.99. The lowest BCUT2D eigenvalue weighted by Crippen LogP contribution is -2.35. The van der Waals surface area contributed by atoms with Crippen LogP contribution in [0.2, 0.25) is 0 Å². The predicted octanol–water partition coefficient (Wildman–Crippen LogP) is 3.51. The highest BCUT2D eigenvalue weighted by Crippen LogP contribution is 2.21. The van der Waals surface area contributed by atoms with Crippen LogP contribution in [0.15, 0.2) is 42.5 Å². The molecular weight excluding hydrogens is 354 g/mol. The predicted molar refractivity (Wildman–Crippen MR) is 96.4 cm³/mol. The van der Waals surface area contributed by atoms with Gasteiger partial charge in [-0.15, -0.1) is 0 Å². The van der Waals surface area contributed by atoms with Crippen LogP contribution in [0.3, 0.4) is 0 Å². The number of carbonyl (C=O) groups is 2. The van der Waals surface area contributed by atoms with E-state index in [2.05, 4.69) is 10.2 Å². The van der Waals surface area contributed by atoms with Gasteiger partial charge in [-0.2, -0.15) is 0 Å². The van der Waals surface area contributed by atoms with Crippen molar-refractivity contribution in [3.8, 4) is 0 Å². The van der Waals surface area contributed by atoms with Crippen molar-refractivity contribution < 1.29 is 23.5 Å². The number of halogens is 2. The van der Waals surface area contributed by atoms with Crippen molar-refractivity contribution in [1.29, 1.82) is 0 Å². The van der Waals surface area contributed by atoms with Crippen molar-refractivity contribution in [1.82, 2.24) is 4.90 Å². The van der Waals surface area contributed by atoms with Gasteiger partial charge in [0.05, 0.1) is 5.92 Å². The molecule has 1 aliphatic rings. The van der Waals surface area contributed by atoms with E-state index in [-0.39, 0.29) is 5.92 Å². The molecule has 0 saturated carbocycles. The minimum atomic E-state index is -0.912. The highest BCUT2D eigenvalue weighted by molar-refractivity contribution is 6.04. The molecular formula is C20H20F2N2O3. The number of carboxylic acids is 1. The first-order chi connectivity index (χ1) is 12.9. The van der Waals surface area contributed by atoms with E-state index in [1.165, 1.54) is 6.07 Å². The minimum absolute atomic E-state index is 0.289. The second kappa shape index (κ2) is 8.26. The highest BCUT2D eigenvalue weighted by Gasteiger charge is 2.24. The molecule has 142 valence electrons. The summed E-state index contributed by atoms with van der Waals surface area (Å²) in [5.41, 5.74) is 0.759. The molecule has 0 spiro atoms. The number of nitrogens with zero attached hydrogens (tertiary/aromatic N) is 1. The van der Waals surface area contributed by atoms with Crippen LogP contribution in [0.1, 0.15) is 28.8 Å². The number of hydrogen-bond donors (Lipinski definition) is 2. The van der Waals surface area contributed by atoms with Crippen molar-refractivity contribution in [2.45, 2.75) is 19.4 Å². The average Bonchev–Trinajstić information content (AvgIpc) is 2.62. The molecule has 0 aromatic heterocycles. The smallest absolute Gasteiger partial charge is 0.306 e. The molecule has 1 heterocycles. The van der Waals surface area contributed by atoms with E-state index >= 15 is 0 Å². The van der Waals surface area contributed by atoms with Gasteiger partial charge in [-0.25, -0.2) is 8.78 Å². The van der Waals surface area contributed by atoms with Crippen LogP contribution in [-0.2, 0) is 11.3 Å². The fraction of sp³-hybridized carbons (Fsp3) is 0.300. The molecule has 5 nitrogen and oxygen atoms in total. The van der Waals surface area contributed by atoms with Gasteiger partial charge in [-0.05, 0) is 55.8 Å². The molecule has 0 radical (unpaired) electrons. The van der Waals surface area contributed by atoms with Crippen molar-refractivity contribution in [2.24, 2.45) is 5.92 Å². The highest BCUT2D eigenvalue weighted by atomic mass is 19.1. The Bertz CT molecular complexity index is 829. The summed E-state index contributed by atoms with van der Waals surface area (Å²) >= 11 is 0. The van der Waals surface area contributed by atoms with Gasteiger partial charge < -0.3 is 10.4 Å². The number of anilines is 1. The van der Waals surface area contributed by atoms with Crippen molar-refractivity contribution in [2.75, 3.05) is 18.4 Å². The zero-order valence-electron chi connectivity index (χ0n) is 14.6. The first-order valence-corrected chi connectivity index (χ1v) is 8.73. The maximum absolute atomic E-state index is 13.7. The van der Waals surface area contributed by atoms with Crippen LogP contribution >= 0.6 is 0 Å². The minimum Gasteiger partial charge on any atom is -0.481 e. The molecule has 0 unspecified atom stereocenters. The van der Waals surface area contributed by atoms with Gasteiger partial charge >= 0.3 is 5.97 Å². The lowest BCUT2D eigenvalue weighted by atomic mass is 9.97. The zero-order chi connectivity index (χ0) is 19.4. The molecule has 0 aliphatic carbocycles. The Labute approximate surface area is 155 Å². The summed E-state index contributed by atoms with van der Waals surface area (Å²) in [7, 11) is 0. The lowest BCUT2D eigenvalue weighted by Gasteiger charge is -2.30. The molecule has 2 aromatic carbocycles. The molecule has 1 amide bonds. The first kappa shape index (κ1) is 19.0. The molecule has 1 fully saturated rings. The average molecular weight is 374 g/mol. The summed E-state index contributed by atoms with van der Waals surface area (Å²) < 4.78 is 27.5. The molecule has 2 aromatic rings. The van der Waals surface area contributed by atoms with Gasteiger partial charge in [0.15, 0.2) is 0 Å². The fourth-order valence-corrected chi connectivity index (χ4v) is 3.25. The van der Waals surface area contributed by atoms with E-state index in [9.17, 15) is 18.4 Å². The van der Waals surface area contributed by atoms with Crippen LogP contribution in [0.25, 0.3) is 0 Å². The monoisotopic (exact) mass is 374 g/mol. The zero-order valence-corrected chi connectivity index (χ0v) is 14.6. The SMILES string of the molecule is O=C(Nc1cccc(CN2CCC(C(=O)O)CC2)c1)c1c(F)cccc1F. The Kier molecular flexibility index (Phi) is 5.81. The van der Waals surface area contributed by atoms with E-state index < -0.39 is 29.1 Å². The number of likely N-dealkylation sites (tertiary alicyclic amines) is 1. The van der Waals surface area contributed by atoms with Gasteiger partial charge in [0.2, 0.25) is 0 Å². The number of rotatable bonds is 5. The Morgan fingerprint density at radius 1 is 1.07 bits per heavy atom. The summed E-state index contributed by atoms with van der Waals surface area (Å²) in [6.07, 6.45) is 1.22. The van der Waals surface area contributed by atoms with Crippen LogP contribution in [0.4, 0.5) is 14.5 Å². The Balaban J connectivity index is 1.64. The van der Waals surface area contributed by atoms with E-state index in [4.69, 9.17) is 5.11 Å². The number of amides is 1. The van der Waals surface area contributed by atoms with Crippen molar-refractivity contribution >= 4 is 17.6 Å². The Morgan fingerprint density at radius 3 is 2.33 bits per heavy atom. The number of carboxylic acid groups (broad SMARTS) is 1. The topological polar surface area (TPSA) is 69.6 Å². The number of nitrogens with one attached hydrogen (secondary N) is 1. The Hall–Kier alpha value is -2.80. The van der Waals surface area contributed by atoms with Crippen LogP contribution < -0.4 is 5.32 Å². The second-order valence-corrected chi connectivity index (χ2v) is 6.64. The van der Waals surface area contributed by atoms with E-state index in [1.54, 1.807) is 18.2 Å². The van der Waals surface area contributed by atoms with Gasteiger partial charge in [0, 0.05) is 12.2 Å². The summed E-state index contributed by atoms with van der Waals surface area (Å²) in [5, 5.41) is 11.6. The normalized spacial score (nSPS) is 15.5. The maximum Gasteiger partial charge on any atom is 0.306 e. The van der Waals surface area contributed by atoms with Gasteiger partial charge in [0.1, 0.15) is 17.2 Å². The molecule has 0 bridgehead atoms. The van der Waals surface area contributed by atoms with E-state index in [1.807, 2.05) is 6.07 Å². The number of carbonyl (C=O) groups excluding carboxylic acids is 1. The quantitative estimate of drug-likeness (QED) is 0.840. The number of hydrogen-bond acceptors (Lipinski definition) is 3. The van der Waals surface area contributed by atoms with E-state index in [0.29, 0.717) is 38.2 Å². The molecule has 3 rings (SSSR count). The third kappa shape index (κ3) is 4.68. The molecule has 2 N–H and O–H groups in total. The number of aliphatic carboxylic acids is 1. The number of piperidine rings is 1. The van der Waals surface area contributed by atoms with Crippen LogP contribution in [0, 0.1) is 17.6 Å². The van der Waals surface area contributed by atoms with Crippen LogP contribution in [-0.4, -0.2) is 35.0 Å². The standard InChI is InChI=1S/C20H20F2N2O3/c21-16-5-2-6-17(22)18(16)19(25)23-15-4-1-3-13(11-15)12-24-9-7-14(8-10-24)20(26)27/h1-6,11,14H,7-10,12H2,(H,23,25)(H,26,27). The largest absolute Gasteiger partial charge is 0.481 e. The van der Waals surface area contributed by atoms with Crippen molar-refractivity contribution in [3.63, 3.8) is 0 Å². The maximum atomic E-state index is 13.7. The molecule has 1 aliphatic heterocycles. The summed E-state index contributed by atoms with van der Waals surface area (Å²) in [6, 6.07) is 10.3. The van der Waals surface area contributed by atoms with Gasteiger partial charge in [0.25, 0.3) is 5.91 Å². The molecule has 7 heteroatoms. The third-order valence-electron chi connectivity index (χ3n) is 4.72. The molecule has 1 saturated heterocycles. The van der Waals surface area contributed by atoms with Gasteiger partial charge in [-0.1, -0.05) is 18.2 Å². The Morgan fingerprint density at radius 2 is 1.70 bits per heavy atom. The first-order valence-electron chi connectivity index (χ1n) is 8.73. The van der Waals surface area contributed by atoms with Gasteiger partial charge in [-0.3, -0.25) is 14.5 Å². The fourth-order valence-electron chi connectivity index (χ4n) is 3.25. The molecule has 0 atom stereocenters. The molecule has 27 heavy (non-hydrogen) atoms. The lowest BCUT2D eigenvalue weighted by molar-refractivity contribution is -0.143.